The van der Waals surface area contributed by atoms with Crippen molar-refractivity contribution in [2.45, 2.75) is 26.8 Å². The minimum absolute atomic E-state index is 0.0743. The minimum atomic E-state index is -0.636. The third kappa shape index (κ3) is 3.04. The molecule has 0 radical (unpaired) electrons. The number of pyridine rings is 1. The monoisotopic (exact) mass is 231 g/mol. The van der Waals surface area contributed by atoms with Crippen LogP contribution in [0.1, 0.15) is 32.5 Å². The lowest BCUT2D eigenvalue weighted by Crippen LogP contribution is -2.39. The molecule has 0 N–H and O–H groups in total. The predicted molar refractivity (Wildman–Crippen MR) is 64.8 cm³/mol. The molecule has 90 valence electrons. The van der Waals surface area contributed by atoms with Crippen molar-refractivity contribution in [3.8, 4) is 6.07 Å². The van der Waals surface area contributed by atoms with Gasteiger partial charge in [0.25, 0.3) is 0 Å². The van der Waals surface area contributed by atoms with Crippen molar-refractivity contribution in [1.82, 2.24) is 9.88 Å². The summed E-state index contributed by atoms with van der Waals surface area (Å²) in [6.45, 7) is 5.50. The molecule has 0 saturated heterocycles. The van der Waals surface area contributed by atoms with Gasteiger partial charge in [-0.25, -0.2) is 0 Å². The molecule has 0 fully saturated rings. The highest BCUT2D eigenvalue weighted by Gasteiger charge is 2.30. The zero-order chi connectivity index (χ0) is 13.1. The molecule has 1 unspecified atom stereocenters. The number of hydrogen-bond acceptors (Lipinski definition) is 3. The van der Waals surface area contributed by atoms with Crippen LogP contribution < -0.4 is 0 Å². The van der Waals surface area contributed by atoms with Crippen LogP contribution in [0.15, 0.2) is 24.4 Å². The van der Waals surface area contributed by atoms with Gasteiger partial charge >= 0.3 is 0 Å². The van der Waals surface area contributed by atoms with Crippen LogP contribution in [0, 0.1) is 16.7 Å². The van der Waals surface area contributed by atoms with Gasteiger partial charge in [0.15, 0.2) is 6.04 Å². The molecule has 1 aromatic rings. The Bertz CT molecular complexity index is 428. The zero-order valence-electron chi connectivity index (χ0n) is 10.6. The number of rotatable bonds is 2. The summed E-state index contributed by atoms with van der Waals surface area (Å²) in [6.07, 6.45) is 1.62. The molecule has 0 saturated carbocycles. The summed E-state index contributed by atoms with van der Waals surface area (Å²) in [5.41, 5.74) is 0.0913. The number of nitriles is 1. The highest BCUT2D eigenvalue weighted by atomic mass is 16.2. The second-order valence-corrected chi connectivity index (χ2v) is 4.95. The standard InChI is InChI=1S/C13H17N3O/c1-13(2,3)12(17)16(4)11(9-14)10-7-5-6-8-15-10/h5-8,11H,1-4H3. The van der Waals surface area contributed by atoms with E-state index < -0.39 is 11.5 Å². The summed E-state index contributed by atoms with van der Waals surface area (Å²) >= 11 is 0. The summed E-state index contributed by atoms with van der Waals surface area (Å²) in [5, 5.41) is 9.18. The first-order valence-electron chi connectivity index (χ1n) is 5.45. The summed E-state index contributed by atoms with van der Waals surface area (Å²) in [4.78, 5) is 17.7. The Kier molecular flexibility index (Phi) is 3.84. The Hall–Kier alpha value is -1.89. The van der Waals surface area contributed by atoms with Crippen LogP contribution in [0.25, 0.3) is 0 Å². The molecule has 1 rings (SSSR count). The van der Waals surface area contributed by atoms with Crippen LogP contribution in [-0.4, -0.2) is 22.8 Å². The summed E-state index contributed by atoms with van der Waals surface area (Å²) < 4.78 is 0. The number of amides is 1. The molecule has 0 bridgehead atoms. The summed E-state index contributed by atoms with van der Waals surface area (Å²) in [6, 6.07) is 6.82. The molecule has 1 amide bonds. The molecule has 17 heavy (non-hydrogen) atoms. The molecule has 0 aromatic carbocycles. The Morgan fingerprint density at radius 1 is 1.47 bits per heavy atom. The Labute approximate surface area is 102 Å². The average molecular weight is 231 g/mol. The highest BCUT2D eigenvalue weighted by Crippen LogP contribution is 2.23. The summed E-state index contributed by atoms with van der Waals surface area (Å²) in [7, 11) is 1.64. The van der Waals surface area contributed by atoms with Crippen molar-refractivity contribution in [3.05, 3.63) is 30.1 Å². The summed E-state index contributed by atoms with van der Waals surface area (Å²) in [5.74, 6) is -0.0743. The smallest absolute Gasteiger partial charge is 0.229 e. The molecule has 1 aromatic heterocycles. The molecule has 1 heterocycles. The number of carbonyl (C=O) groups excluding carboxylic acids is 1. The van der Waals surface area contributed by atoms with Crippen molar-refractivity contribution < 1.29 is 4.79 Å². The fourth-order valence-corrected chi connectivity index (χ4v) is 1.54. The molecule has 0 aliphatic carbocycles. The van der Waals surface area contributed by atoms with Gasteiger partial charge in [0.2, 0.25) is 5.91 Å². The fraction of sp³-hybridized carbons (Fsp3) is 0.462. The van der Waals surface area contributed by atoms with Crippen LogP contribution >= 0.6 is 0 Å². The lowest BCUT2D eigenvalue weighted by atomic mass is 9.94. The molecule has 0 aliphatic rings. The van der Waals surface area contributed by atoms with Gasteiger partial charge < -0.3 is 4.90 Å². The minimum Gasteiger partial charge on any atom is -0.324 e. The normalized spacial score (nSPS) is 12.6. The number of hydrogen-bond donors (Lipinski definition) is 0. The van der Waals surface area contributed by atoms with Crippen LogP contribution in [-0.2, 0) is 4.79 Å². The van der Waals surface area contributed by atoms with E-state index in [4.69, 9.17) is 0 Å². The van der Waals surface area contributed by atoms with Gasteiger partial charge in [-0.2, -0.15) is 5.26 Å². The first kappa shape index (κ1) is 13.2. The van der Waals surface area contributed by atoms with Gasteiger partial charge in [0.05, 0.1) is 11.8 Å². The Balaban J connectivity index is 2.98. The second kappa shape index (κ2) is 4.96. The van der Waals surface area contributed by atoms with Crippen LogP contribution in [0.5, 0.6) is 0 Å². The van der Waals surface area contributed by atoms with Crippen molar-refractivity contribution in [2.75, 3.05) is 7.05 Å². The fourth-order valence-electron chi connectivity index (χ4n) is 1.54. The van der Waals surface area contributed by atoms with Gasteiger partial charge in [-0.1, -0.05) is 26.8 Å². The maximum Gasteiger partial charge on any atom is 0.229 e. The average Bonchev–Trinajstić information content (AvgIpc) is 2.29. The van der Waals surface area contributed by atoms with Gasteiger partial charge in [0, 0.05) is 18.7 Å². The van der Waals surface area contributed by atoms with Crippen molar-refractivity contribution >= 4 is 5.91 Å². The van der Waals surface area contributed by atoms with Crippen molar-refractivity contribution in [1.29, 1.82) is 5.26 Å². The van der Waals surface area contributed by atoms with E-state index >= 15 is 0 Å². The Morgan fingerprint density at radius 2 is 2.12 bits per heavy atom. The molecular formula is C13H17N3O. The predicted octanol–water partition coefficient (Wildman–Crippen LogP) is 2.15. The van der Waals surface area contributed by atoms with Gasteiger partial charge in [-0.3, -0.25) is 9.78 Å². The van der Waals surface area contributed by atoms with E-state index in [0.29, 0.717) is 5.69 Å². The third-order valence-electron chi connectivity index (χ3n) is 2.44. The number of aromatic nitrogens is 1. The maximum absolute atomic E-state index is 12.1. The molecule has 4 heteroatoms. The maximum atomic E-state index is 12.1. The van der Waals surface area contributed by atoms with Gasteiger partial charge in [-0.05, 0) is 12.1 Å². The Morgan fingerprint density at radius 3 is 2.53 bits per heavy atom. The van der Waals surface area contributed by atoms with E-state index in [-0.39, 0.29) is 5.91 Å². The second-order valence-electron chi connectivity index (χ2n) is 4.95. The molecule has 1 atom stereocenters. The first-order valence-corrected chi connectivity index (χ1v) is 5.45. The lowest BCUT2D eigenvalue weighted by Gasteiger charge is -2.29. The molecule has 0 spiro atoms. The molecule has 4 nitrogen and oxygen atoms in total. The highest BCUT2D eigenvalue weighted by molar-refractivity contribution is 5.82. The van der Waals surface area contributed by atoms with E-state index in [1.165, 1.54) is 4.90 Å². The van der Waals surface area contributed by atoms with Crippen LogP contribution in [0.4, 0.5) is 0 Å². The van der Waals surface area contributed by atoms with Crippen LogP contribution in [0.3, 0.4) is 0 Å². The largest absolute Gasteiger partial charge is 0.324 e. The zero-order valence-corrected chi connectivity index (χ0v) is 10.6. The van der Waals surface area contributed by atoms with E-state index in [0.717, 1.165) is 0 Å². The van der Waals surface area contributed by atoms with E-state index in [1.807, 2.05) is 26.8 Å². The van der Waals surface area contributed by atoms with E-state index in [1.54, 1.807) is 25.4 Å². The molecule has 0 aliphatic heterocycles. The van der Waals surface area contributed by atoms with Crippen molar-refractivity contribution in [2.24, 2.45) is 5.41 Å². The van der Waals surface area contributed by atoms with Crippen molar-refractivity contribution in [3.63, 3.8) is 0 Å². The lowest BCUT2D eigenvalue weighted by molar-refractivity contribution is -0.139. The number of carbonyl (C=O) groups is 1. The third-order valence-corrected chi connectivity index (χ3v) is 2.44. The van der Waals surface area contributed by atoms with E-state index in [2.05, 4.69) is 11.1 Å². The van der Waals surface area contributed by atoms with Gasteiger partial charge in [0.1, 0.15) is 0 Å². The number of nitrogens with zero attached hydrogens (tertiary/aromatic N) is 3. The van der Waals surface area contributed by atoms with Gasteiger partial charge in [-0.15, -0.1) is 0 Å². The quantitative estimate of drug-likeness (QED) is 0.783. The first-order chi connectivity index (χ1) is 7.88. The topological polar surface area (TPSA) is 57.0 Å². The SMILES string of the molecule is CN(C(=O)C(C)(C)C)C(C#N)c1ccccn1. The van der Waals surface area contributed by atoms with E-state index in [9.17, 15) is 10.1 Å². The van der Waals surface area contributed by atoms with Crippen LogP contribution in [0.2, 0.25) is 0 Å². The molecular weight excluding hydrogens is 214 g/mol.